The molecule has 1 heterocycles. The van der Waals surface area contributed by atoms with Crippen molar-refractivity contribution in [3.63, 3.8) is 0 Å². The van der Waals surface area contributed by atoms with Crippen LogP contribution in [0.2, 0.25) is 0 Å². The Morgan fingerprint density at radius 3 is 2.76 bits per heavy atom. The average molecular weight is 304 g/mol. The summed E-state index contributed by atoms with van der Waals surface area (Å²) in [5.74, 6) is 0.903. The maximum Gasteiger partial charge on any atom is 0.343 e. The predicted octanol–water partition coefficient (Wildman–Crippen LogP) is 3.42. The van der Waals surface area contributed by atoms with Gasteiger partial charge in [-0.05, 0) is 25.0 Å². The summed E-state index contributed by atoms with van der Waals surface area (Å²) in [4.78, 5) is 18.8. The average Bonchev–Trinajstić information content (AvgIpc) is 2.46. The summed E-state index contributed by atoms with van der Waals surface area (Å²) in [6.45, 7) is 4.46. The van der Waals surface area contributed by atoms with Crippen LogP contribution in [-0.4, -0.2) is 21.4 Å². The summed E-state index contributed by atoms with van der Waals surface area (Å²) in [7, 11) is 0. The fourth-order valence-electron chi connectivity index (χ4n) is 1.85. The van der Waals surface area contributed by atoms with Gasteiger partial charge >= 0.3 is 5.69 Å². The van der Waals surface area contributed by atoms with Crippen LogP contribution in [0.25, 0.3) is 0 Å². The van der Waals surface area contributed by atoms with Gasteiger partial charge in [-0.15, -0.1) is 0 Å². The molecule has 0 saturated heterocycles. The van der Waals surface area contributed by atoms with Crippen LogP contribution in [0.3, 0.4) is 0 Å². The monoisotopic (exact) mass is 304 g/mol. The van der Waals surface area contributed by atoms with E-state index in [0.717, 1.165) is 11.1 Å². The highest BCUT2D eigenvalue weighted by molar-refractivity contribution is 7.98. The Bertz CT molecular complexity index is 649. The van der Waals surface area contributed by atoms with Gasteiger partial charge in [-0.3, -0.25) is 10.1 Å². The summed E-state index contributed by atoms with van der Waals surface area (Å²) in [5, 5.41) is 14.6. The molecule has 2 rings (SSSR count). The van der Waals surface area contributed by atoms with Crippen molar-refractivity contribution in [1.29, 1.82) is 0 Å². The van der Waals surface area contributed by atoms with E-state index in [2.05, 4.69) is 15.3 Å². The van der Waals surface area contributed by atoms with Crippen molar-refractivity contribution in [3.8, 4) is 0 Å². The highest BCUT2D eigenvalue weighted by Gasteiger charge is 2.22. The Morgan fingerprint density at radius 1 is 1.33 bits per heavy atom. The summed E-state index contributed by atoms with van der Waals surface area (Å²) >= 11 is 1.35. The number of nitrogens with zero attached hydrogens (tertiary/aromatic N) is 3. The number of hydrogen-bond acceptors (Lipinski definition) is 6. The first-order valence-electron chi connectivity index (χ1n) is 6.54. The lowest BCUT2D eigenvalue weighted by Crippen LogP contribution is -2.05. The molecule has 0 radical (unpaired) electrons. The Balaban J connectivity index is 2.25. The second kappa shape index (κ2) is 7.03. The zero-order valence-corrected chi connectivity index (χ0v) is 12.7. The quantitative estimate of drug-likeness (QED) is 0.381. The van der Waals surface area contributed by atoms with Gasteiger partial charge in [-0.25, -0.2) is 9.97 Å². The van der Waals surface area contributed by atoms with Crippen molar-refractivity contribution in [2.45, 2.75) is 24.6 Å². The second-order valence-corrected chi connectivity index (χ2v) is 5.34. The number of thioether (sulfide) groups is 1. The first kappa shape index (κ1) is 15.2. The number of hydrogen-bond donors (Lipinski definition) is 1. The first-order chi connectivity index (χ1) is 10.1. The van der Waals surface area contributed by atoms with Crippen LogP contribution in [0.1, 0.15) is 18.1 Å². The van der Waals surface area contributed by atoms with Gasteiger partial charge in [-0.2, -0.15) is 0 Å². The molecule has 1 N–H and O–H groups in total. The minimum absolute atomic E-state index is 0.0575. The van der Waals surface area contributed by atoms with Crippen molar-refractivity contribution in [2.24, 2.45) is 0 Å². The van der Waals surface area contributed by atoms with Crippen molar-refractivity contribution in [2.75, 3.05) is 11.9 Å². The van der Waals surface area contributed by atoms with E-state index in [0.29, 0.717) is 17.3 Å². The zero-order valence-electron chi connectivity index (χ0n) is 11.9. The molecule has 0 aliphatic rings. The molecule has 0 bridgehead atoms. The number of anilines is 1. The van der Waals surface area contributed by atoms with E-state index in [-0.39, 0.29) is 11.5 Å². The molecule has 1 aromatic heterocycles. The van der Waals surface area contributed by atoms with E-state index in [1.54, 1.807) is 0 Å². The van der Waals surface area contributed by atoms with E-state index in [9.17, 15) is 10.1 Å². The van der Waals surface area contributed by atoms with Gasteiger partial charge in [0, 0.05) is 12.3 Å². The van der Waals surface area contributed by atoms with E-state index in [4.69, 9.17) is 0 Å². The van der Waals surface area contributed by atoms with Gasteiger partial charge in [0.15, 0.2) is 5.03 Å². The molecule has 0 unspecified atom stereocenters. The molecule has 21 heavy (non-hydrogen) atoms. The van der Waals surface area contributed by atoms with Crippen LogP contribution >= 0.6 is 11.8 Å². The zero-order chi connectivity index (χ0) is 15.2. The molecule has 6 nitrogen and oxygen atoms in total. The van der Waals surface area contributed by atoms with Crippen molar-refractivity contribution in [1.82, 2.24) is 9.97 Å². The van der Waals surface area contributed by atoms with Crippen molar-refractivity contribution < 1.29 is 4.92 Å². The van der Waals surface area contributed by atoms with Gasteiger partial charge in [0.25, 0.3) is 0 Å². The third-order valence-corrected chi connectivity index (χ3v) is 3.97. The molecule has 0 aliphatic carbocycles. The van der Waals surface area contributed by atoms with Crippen LogP contribution in [-0.2, 0) is 5.75 Å². The molecular formula is C14H16N4O2S. The van der Waals surface area contributed by atoms with Gasteiger partial charge in [0.05, 0.1) is 4.92 Å². The topological polar surface area (TPSA) is 81.0 Å². The lowest BCUT2D eigenvalue weighted by molar-refractivity contribution is -0.387. The van der Waals surface area contributed by atoms with Crippen LogP contribution in [0.5, 0.6) is 0 Å². The minimum atomic E-state index is -0.432. The third kappa shape index (κ3) is 3.69. The summed E-state index contributed by atoms with van der Waals surface area (Å²) < 4.78 is 0. The summed E-state index contributed by atoms with van der Waals surface area (Å²) in [5.41, 5.74) is 2.24. The highest BCUT2D eigenvalue weighted by Crippen LogP contribution is 2.34. The predicted molar refractivity (Wildman–Crippen MR) is 83.6 cm³/mol. The van der Waals surface area contributed by atoms with Gasteiger partial charge in [0.1, 0.15) is 6.33 Å². The van der Waals surface area contributed by atoms with E-state index in [1.165, 1.54) is 18.1 Å². The lowest BCUT2D eigenvalue weighted by Gasteiger charge is -2.08. The molecule has 2 aromatic rings. The second-order valence-electron chi connectivity index (χ2n) is 4.38. The maximum atomic E-state index is 11.3. The van der Waals surface area contributed by atoms with Crippen LogP contribution in [0.4, 0.5) is 11.5 Å². The lowest BCUT2D eigenvalue weighted by atomic mass is 10.1. The Morgan fingerprint density at radius 2 is 2.10 bits per heavy atom. The minimum Gasteiger partial charge on any atom is -0.364 e. The van der Waals surface area contributed by atoms with Crippen molar-refractivity contribution >= 4 is 23.3 Å². The number of aryl methyl sites for hydroxylation is 1. The molecule has 7 heteroatoms. The number of benzene rings is 1. The maximum absolute atomic E-state index is 11.3. The van der Waals surface area contributed by atoms with Gasteiger partial charge in [-0.1, -0.05) is 36.0 Å². The standard InChI is InChI=1S/C14H16N4O2S/c1-3-15-13-12(18(19)20)14(17-9-16-13)21-8-11-7-5-4-6-10(11)2/h4-7,9H,3,8H2,1-2H3,(H,15,16,17). The number of rotatable bonds is 6. The largest absolute Gasteiger partial charge is 0.364 e. The molecule has 0 saturated carbocycles. The fraction of sp³-hybridized carbons (Fsp3) is 0.286. The molecule has 0 fully saturated rings. The molecule has 1 aromatic carbocycles. The van der Waals surface area contributed by atoms with Crippen LogP contribution in [0.15, 0.2) is 35.6 Å². The normalized spacial score (nSPS) is 10.4. The SMILES string of the molecule is CCNc1ncnc(SCc2ccccc2C)c1[N+](=O)[O-]. The van der Waals surface area contributed by atoms with Crippen LogP contribution in [0, 0.1) is 17.0 Å². The summed E-state index contributed by atoms with van der Waals surface area (Å²) in [6.07, 6.45) is 1.35. The number of nitrogens with one attached hydrogen (secondary N) is 1. The number of nitro groups is 1. The Hall–Kier alpha value is -2.15. The highest BCUT2D eigenvalue weighted by atomic mass is 32.2. The van der Waals surface area contributed by atoms with Crippen LogP contribution < -0.4 is 5.32 Å². The molecule has 0 spiro atoms. The van der Waals surface area contributed by atoms with E-state index < -0.39 is 4.92 Å². The number of aromatic nitrogens is 2. The smallest absolute Gasteiger partial charge is 0.343 e. The van der Waals surface area contributed by atoms with Gasteiger partial charge in [0.2, 0.25) is 5.82 Å². The Kier molecular flexibility index (Phi) is 5.10. The molecule has 0 aliphatic heterocycles. The van der Waals surface area contributed by atoms with E-state index in [1.807, 2.05) is 38.1 Å². The fourth-order valence-corrected chi connectivity index (χ4v) is 2.89. The summed E-state index contributed by atoms with van der Waals surface area (Å²) in [6, 6.07) is 7.97. The molecule has 0 atom stereocenters. The molecular weight excluding hydrogens is 288 g/mol. The third-order valence-electron chi connectivity index (χ3n) is 2.94. The van der Waals surface area contributed by atoms with E-state index >= 15 is 0 Å². The molecule has 110 valence electrons. The first-order valence-corrected chi connectivity index (χ1v) is 7.52. The Labute approximate surface area is 127 Å². The van der Waals surface area contributed by atoms with Crippen molar-refractivity contribution in [3.05, 3.63) is 51.8 Å². The molecule has 0 amide bonds. The van der Waals surface area contributed by atoms with Gasteiger partial charge < -0.3 is 5.32 Å².